The van der Waals surface area contributed by atoms with Gasteiger partial charge in [0.1, 0.15) is 0 Å². The minimum Gasteiger partial charge on any atom is -0.370 e. The number of hydrogen-bond acceptors (Lipinski definition) is 2. The fourth-order valence-corrected chi connectivity index (χ4v) is 2.00. The number of rotatable bonds is 5. The highest BCUT2D eigenvalue weighted by Crippen LogP contribution is 2.22. The number of nitrogens with one attached hydrogen (secondary N) is 1. The molecule has 0 aliphatic carbocycles. The first-order chi connectivity index (χ1) is 8.76. The third-order valence-corrected chi connectivity index (χ3v) is 2.86. The number of halogens is 4. The van der Waals surface area contributed by atoms with Crippen LogP contribution in [0, 0.1) is 5.92 Å². The Balaban J connectivity index is 0.00000361. The van der Waals surface area contributed by atoms with E-state index in [9.17, 15) is 13.2 Å². The van der Waals surface area contributed by atoms with Crippen molar-refractivity contribution in [3.05, 3.63) is 12.2 Å². The third-order valence-electron chi connectivity index (χ3n) is 2.86. The number of nitrogens with two attached hydrogens (primary N) is 1. The minimum absolute atomic E-state index is 0. The first-order valence-electron chi connectivity index (χ1n) is 6.23. The van der Waals surface area contributed by atoms with Crippen LogP contribution in [0.1, 0.15) is 13.3 Å². The van der Waals surface area contributed by atoms with E-state index in [2.05, 4.69) is 16.9 Å². The van der Waals surface area contributed by atoms with Crippen molar-refractivity contribution >= 4 is 29.9 Å². The van der Waals surface area contributed by atoms with Crippen LogP contribution < -0.4 is 11.1 Å². The molecule has 0 spiro atoms. The van der Waals surface area contributed by atoms with Crippen LogP contribution >= 0.6 is 24.0 Å². The van der Waals surface area contributed by atoms with Crippen LogP contribution in [-0.2, 0) is 0 Å². The number of hydrogen-bond donors (Lipinski definition) is 2. The summed E-state index contributed by atoms with van der Waals surface area (Å²) in [6.45, 7) is 6.67. The van der Waals surface area contributed by atoms with Crippen molar-refractivity contribution in [3.63, 3.8) is 0 Å². The molecule has 3 N–H and O–H groups in total. The summed E-state index contributed by atoms with van der Waals surface area (Å²) in [6.07, 6.45) is -3.37. The van der Waals surface area contributed by atoms with Crippen molar-refractivity contribution in [2.45, 2.75) is 19.5 Å². The molecule has 1 aliphatic rings. The molecule has 1 atom stereocenters. The summed E-state index contributed by atoms with van der Waals surface area (Å²) >= 11 is 0. The maximum Gasteiger partial charge on any atom is 0.401 e. The second-order valence-corrected chi connectivity index (χ2v) is 5.04. The molecule has 0 aromatic rings. The lowest BCUT2D eigenvalue weighted by atomic mass is 10.1. The van der Waals surface area contributed by atoms with E-state index in [1.807, 2.05) is 6.92 Å². The molecule has 8 heteroatoms. The van der Waals surface area contributed by atoms with Gasteiger partial charge in [0.2, 0.25) is 0 Å². The molecule has 1 heterocycles. The van der Waals surface area contributed by atoms with Crippen molar-refractivity contribution in [3.8, 4) is 0 Å². The topological polar surface area (TPSA) is 53.6 Å². The van der Waals surface area contributed by atoms with Gasteiger partial charge in [0.25, 0.3) is 0 Å². The van der Waals surface area contributed by atoms with Crippen molar-refractivity contribution in [1.82, 2.24) is 10.2 Å². The Morgan fingerprint density at radius 3 is 2.70 bits per heavy atom. The Kier molecular flexibility index (Phi) is 8.48. The Hall–Kier alpha value is -0.510. The number of guanidine groups is 1. The van der Waals surface area contributed by atoms with Crippen molar-refractivity contribution in [1.29, 1.82) is 0 Å². The van der Waals surface area contributed by atoms with Gasteiger partial charge in [-0.15, -0.1) is 24.0 Å². The fourth-order valence-electron chi connectivity index (χ4n) is 2.00. The molecule has 118 valence electrons. The second-order valence-electron chi connectivity index (χ2n) is 5.04. The Labute approximate surface area is 134 Å². The van der Waals surface area contributed by atoms with E-state index in [-0.39, 0.29) is 29.9 Å². The molecule has 0 radical (unpaired) electrons. The van der Waals surface area contributed by atoms with Crippen molar-refractivity contribution in [2.75, 3.05) is 32.7 Å². The van der Waals surface area contributed by atoms with Gasteiger partial charge < -0.3 is 11.1 Å². The van der Waals surface area contributed by atoms with Gasteiger partial charge in [-0.05, 0) is 25.8 Å². The van der Waals surface area contributed by atoms with E-state index in [1.54, 1.807) is 0 Å². The second kappa shape index (κ2) is 8.71. The maximum absolute atomic E-state index is 12.2. The Bertz CT molecular complexity index is 344. The van der Waals surface area contributed by atoms with Gasteiger partial charge in [-0.2, -0.15) is 13.2 Å². The molecule has 0 amide bonds. The van der Waals surface area contributed by atoms with Crippen LogP contribution in [0.25, 0.3) is 0 Å². The van der Waals surface area contributed by atoms with E-state index in [4.69, 9.17) is 5.73 Å². The molecule has 20 heavy (non-hydrogen) atoms. The van der Waals surface area contributed by atoms with Gasteiger partial charge in [-0.3, -0.25) is 4.90 Å². The number of nitrogens with zero attached hydrogens (tertiary/aromatic N) is 2. The molecular formula is C12H22F3IN4. The van der Waals surface area contributed by atoms with Gasteiger partial charge in [-0.1, -0.05) is 12.2 Å². The predicted octanol–water partition coefficient (Wildman–Crippen LogP) is 1.97. The van der Waals surface area contributed by atoms with Gasteiger partial charge in [0, 0.05) is 13.1 Å². The molecule has 0 aromatic heterocycles. The third kappa shape index (κ3) is 8.62. The molecule has 1 unspecified atom stereocenters. The van der Waals surface area contributed by atoms with Crippen LogP contribution in [-0.4, -0.2) is 49.8 Å². The summed E-state index contributed by atoms with van der Waals surface area (Å²) in [5.41, 5.74) is 6.55. The van der Waals surface area contributed by atoms with E-state index in [0.717, 1.165) is 12.0 Å². The summed E-state index contributed by atoms with van der Waals surface area (Å²) in [7, 11) is 0. The SMILES string of the molecule is C=C(C)CN=C(N)NCC1CCN(CC(F)(F)F)C1.I. The predicted molar refractivity (Wildman–Crippen MR) is 85.3 cm³/mol. The number of aliphatic imine (C=N–C) groups is 1. The zero-order chi connectivity index (χ0) is 14.5. The van der Waals surface area contributed by atoms with E-state index in [1.165, 1.54) is 4.90 Å². The molecule has 0 aromatic carbocycles. The lowest BCUT2D eigenvalue weighted by molar-refractivity contribution is -0.143. The summed E-state index contributed by atoms with van der Waals surface area (Å²) in [5, 5.41) is 2.94. The fraction of sp³-hybridized carbons (Fsp3) is 0.750. The average Bonchev–Trinajstić information content (AvgIpc) is 2.68. The zero-order valence-electron chi connectivity index (χ0n) is 11.5. The Morgan fingerprint density at radius 1 is 1.50 bits per heavy atom. The van der Waals surface area contributed by atoms with Crippen LogP contribution in [0.2, 0.25) is 0 Å². The summed E-state index contributed by atoms with van der Waals surface area (Å²) < 4.78 is 36.7. The highest BCUT2D eigenvalue weighted by atomic mass is 127. The van der Waals surface area contributed by atoms with Gasteiger partial charge in [0.15, 0.2) is 5.96 Å². The molecule has 4 nitrogen and oxygen atoms in total. The Morgan fingerprint density at radius 2 is 2.15 bits per heavy atom. The molecule has 1 saturated heterocycles. The normalized spacial score (nSPS) is 20.6. The molecular weight excluding hydrogens is 384 g/mol. The molecule has 1 aliphatic heterocycles. The summed E-state index contributed by atoms with van der Waals surface area (Å²) in [5.74, 6) is 0.498. The maximum atomic E-state index is 12.2. The monoisotopic (exact) mass is 406 g/mol. The highest BCUT2D eigenvalue weighted by Gasteiger charge is 2.34. The smallest absolute Gasteiger partial charge is 0.370 e. The van der Waals surface area contributed by atoms with Gasteiger partial charge >= 0.3 is 6.18 Å². The molecule has 0 saturated carbocycles. The van der Waals surface area contributed by atoms with Crippen LogP contribution in [0.3, 0.4) is 0 Å². The summed E-state index contributed by atoms with van der Waals surface area (Å²) in [6, 6.07) is 0. The van der Waals surface area contributed by atoms with Crippen LogP contribution in [0.15, 0.2) is 17.1 Å². The van der Waals surface area contributed by atoms with Crippen LogP contribution in [0.4, 0.5) is 13.2 Å². The lowest BCUT2D eigenvalue weighted by Gasteiger charge is -2.18. The van der Waals surface area contributed by atoms with E-state index in [0.29, 0.717) is 32.1 Å². The first kappa shape index (κ1) is 19.5. The molecule has 1 fully saturated rings. The average molecular weight is 406 g/mol. The first-order valence-corrected chi connectivity index (χ1v) is 6.23. The van der Waals surface area contributed by atoms with Gasteiger partial charge in [0.05, 0.1) is 13.1 Å². The standard InChI is InChI=1S/C12H21F3N4.HI/c1-9(2)5-17-11(16)18-6-10-3-4-19(7-10)8-12(13,14)15;/h10H,1,3-8H2,2H3,(H3,16,17,18);1H. The zero-order valence-corrected chi connectivity index (χ0v) is 13.9. The largest absolute Gasteiger partial charge is 0.401 e. The molecule has 0 bridgehead atoms. The van der Waals surface area contributed by atoms with Crippen LogP contribution in [0.5, 0.6) is 0 Å². The molecule has 1 rings (SSSR count). The number of alkyl halides is 3. The highest BCUT2D eigenvalue weighted by molar-refractivity contribution is 14.0. The summed E-state index contributed by atoms with van der Waals surface area (Å²) in [4.78, 5) is 5.48. The number of likely N-dealkylation sites (tertiary alicyclic amines) is 1. The van der Waals surface area contributed by atoms with Gasteiger partial charge in [-0.25, -0.2) is 4.99 Å². The van der Waals surface area contributed by atoms with Crippen molar-refractivity contribution in [2.24, 2.45) is 16.6 Å². The lowest BCUT2D eigenvalue weighted by Crippen LogP contribution is -2.37. The quantitative estimate of drug-likeness (QED) is 0.318. The van der Waals surface area contributed by atoms with E-state index >= 15 is 0 Å². The van der Waals surface area contributed by atoms with Crippen molar-refractivity contribution < 1.29 is 13.2 Å². The minimum atomic E-state index is -4.12. The van der Waals surface area contributed by atoms with E-state index < -0.39 is 12.7 Å².